The van der Waals surface area contributed by atoms with Crippen molar-refractivity contribution in [3.63, 3.8) is 0 Å². The number of aryl methyl sites for hydroxylation is 1. The van der Waals surface area contributed by atoms with Crippen molar-refractivity contribution in [1.29, 1.82) is 0 Å². The Balaban J connectivity index is 1.75. The number of H-pyrrole nitrogens is 2. The molecule has 0 atom stereocenters. The Bertz CT molecular complexity index is 1210. The predicted octanol–water partition coefficient (Wildman–Crippen LogP) is 0.0247. The Hall–Kier alpha value is -2.28. The van der Waals surface area contributed by atoms with Crippen LogP contribution in [0, 0.1) is 6.92 Å². The summed E-state index contributed by atoms with van der Waals surface area (Å²) in [6.07, 6.45) is 2.69. The normalized spacial score (nSPS) is 16.0. The van der Waals surface area contributed by atoms with E-state index >= 15 is 0 Å². The summed E-state index contributed by atoms with van der Waals surface area (Å²) in [7, 11) is -7.75. The van der Waals surface area contributed by atoms with Crippen molar-refractivity contribution in [3.05, 3.63) is 56.4 Å². The van der Waals surface area contributed by atoms with E-state index in [1.807, 2.05) is 4.98 Å². The molecular formula is C17H22N4O6S2. The van der Waals surface area contributed by atoms with Crippen molar-refractivity contribution in [2.45, 2.75) is 42.5 Å². The summed E-state index contributed by atoms with van der Waals surface area (Å²) < 4.78 is 53.9. The van der Waals surface area contributed by atoms with Crippen LogP contribution in [0.1, 0.15) is 30.5 Å². The average Bonchev–Trinajstić information content (AvgIpc) is 2.66. The van der Waals surface area contributed by atoms with Crippen molar-refractivity contribution in [1.82, 2.24) is 19.0 Å². The number of piperidine rings is 1. The largest absolute Gasteiger partial charge is 0.325 e. The van der Waals surface area contributed by atoms with Crippen LogP contribution >= 0.6 is 0 Å². The van der Waals surface area contributed by atoms with Gasteiger partial charge < -0.3 is 4.98 Å². The third-order valence-corrected chi connectivity index (χ3v) is 8.15. The molecule has 0 unspecified atom stereocenters. The molecule has 1 fully saturated rings. The molecule has 0 radical (unpaired) electrons. The molecule has 0 bridgehead atoms. The minimum Gasteiger partial charge on any atom is -0.310 e. The van der Waals surface area contributed by atoms with Gasteiger partial charge in [-0.15, -0.1) is 0 Å². The molecule has 2 aromatic rings. The molecule has 29 heavy (non-hydrogen) atoms. The number of benzene rings is 1. The van der Waals surface area contributed by atoms with Gasteiger partial charge in [-0.1, -0.05) is 18.6 Å². The number of hydrogen-bond acceptors (Lipinski definition) is 6. The van der Waals surface area contributed by atoms with Gasteiger partial charge in [0.05, 0.1) is 4.90 Å². The molecule has 0 amide bonds. The van der Waals surface area contributed by atoms with Gasteiger partial charge in [0.15, 0.2) is 4.90 Å². The van der Waals surface area contributed by atoms with E-state index in [0.717, 1.165) is 19.3 Å². The van der Waals surface area contributed by atoms with Crippen molar-refractivity contribution in [3.8, 4) is 0 Å². The number of aromatic amines is 2. The molecule has 0 spiro atoms. The zero-order valence-electron chi connectivity index (χ0n) is 15.8. The second-order valence-electron chi connectivity index (χ2n) is 6.80. The third kappa shape index (κ3) is 4.66. The van der Waals surface area contributed by atoms with E-state index in [0.29, 0.717) is 18.7 Å². The van der Waals surface area contributed by atoms with Crippen LogP contribution in [0.5, 0.6) is 0 Å². The zero-order valence-corrected chi connectivity index (χ0v) is 17.4. The lowest BCUT2D eigenvalue weighted by Gasteiger charge is -2.25. The van der Waals surface area contributed by atoms with Crippen LogP contribution in [0.25, 0.3) is 0 Å². The molecular weight excluding hydrogens is 420 g/mol. The SMILES string of the molecule is Cc1[nH]c(=O)[nH]c(=O)c1S(=O)(=O)NCc1ccc(S(=O)(=O)N2CCCCC2)cc1. The lowest BCUT2D eigenvalue weighted by Crippen LogP contribution is -2.35. The summed E-state index contributed by atoms with van der Waals surface area (Å²) in [5.74, 6) is 0. The van der Waals surface area contributed by atoms with E-state index in [9.17, 15) is 26.4 Å². The summed E-state index contributed by atoms with van der Waals surface area (Å²) in [5, 5.41) is 0. The monoisotopic (exact) mass is 442 g/mol. The van der Waals surface area contributed by atoms with Gasteiger partial charge in [-0.25, -0.2) is 26.4 Å². The number of aromatic nitrogens is 2. The number of nitrogens with zero attached hydrogens (tertiary/aromatic N) is 1. The van der Waals surface area contributed by atoms with Crippen LogP contribution in [0.4, 0.5) is 0 Å². The Morgan fingerprint density at radius 1 is 0.966 bits per heavy atom. The van der Waals surface area contributed by atoms with Crippen molar-refractivity contribution < 1.29 is 16.8 Å². The number of hydrogen-bond donors (Lipinski definition) is 3. The lowest BCUT2D eigenvalue weighted by atomic mass is 10.2. The molecule has 2 heterocycles. The van der Waals surface area contributed by atoms with Crippen molar-refractivity contribution in [2.75, 3.05) is 13.1 Å². The predicted molar refractivity (Wildman–Crippen MR) is 105 cm³/mol. The molecule has 1 aromatic carbocycles. The van der Waals surface area contributed by atoms with Crippen LogP contribution in [0.15, 0.2) is 43.6 Å². The molecule has 1 aliphatic heterocycles. The third-order valence-electron chi connectivity index (χ3n) is 4.69. The minimum atomic E-state index is -4.18. The maximum atomic E-state index is 12.7. The molecule has 158 valence electrons. The molecule has 10 nitrogen and oxygen atoms in total. The summed E-state index contributed by atoms with van der Waals surface area (Å²) in [5.41, 5.74) is -1.36. The van der Waals surface area contributed by atoms with E-state index in [1.165, 1.54) is 35.5 Å². The summed E-state index contributed by atoms with van der Waals surface area (Å²) in [4.78, 5) is 26.8. The smallest absolute Gasteiger partial charge is 0.310 e. The number of rotatable bonds is 6. The van der Waals surface area contributed by atoms with Crippen molar-refractivity contribution >= 4 is 20.0 Å². The van der Waals surface area contributed by atoms with Crippen LogP contribution in [-0.2, 0) is 26.6 Å². The van der Waals surface area contributed by atoms with Crippen LogP contribution in [0.2, 0.25) is 0 Å². The maximum absolute atomic E-state index is 12.7. The highest BCUT2D eigenvalue weighted by Crippen LogP contribution is 2.21. The second kappa shape index (κ2) is 8.22. The van der Waals surface area contributed by atoms with Gasteiger partial charge in [0.1, 0.15) is 0 Å². The fourth-order valence-corrected chi connectivity index (χ4v) is 5.96. The second-order valence-corrected chi connectivity index (χ2v) is 10.4. The molecule has 3 rings (SSSR count). The van der Waals surface area contributed by atoms with Gasteiger partial charge in [0.2, 0.25) is 20.0 Å². The molecule has 1 saturated heterocycles. The average molecular weight is 443 g/mol. The molecule has 0 aliphatic carbocycles. The van der Waals surface area contributed by atoms with Gasteiger partial charge in [-0.3, -0.25) is 9.78 Å². The first-order valence-corrected chi connectivity index (χ1v) is 12.0. The molecule has 1 aliphatic rings. The first kappa shape index (κ1) is 21.4. The van der Waals surface area contributed by atoms with Gasteiger partial charge in [0.25, 0.3) is 5.56 Å². The van der Waals surface area contributed by atoms with E-state index in [-0.39, 0.29) is 17.1 Å². The minimum absolute atomic E-state index is 0.0748. The fourth-order valence-electron chi connectivity index (χ4n) is 3.20. The zero-order chi connectivity index (χ0) is 21.2. The van der Waals surface area contributed by atoms with E-state index in [4.69, 9.17) is 0 Å². The van der Waals surface area contributed by atoms with E-state index < -0.39 is 36.2 Å². The Kier molecular flexibility index (Phi) is 6.08. The van der Waals surface area contributed by atoms with Crippen LogP contribution < -0.4 is 16.0 Å². The van der Waals surface area contributed by atoms with E-state index in [2.05, 4.69) is 9.71 Å². The molecule has 1 aromatic heterocycles. The standard InChI is InChI=1S/C17H22N4O6S2/c1-12-15(16(22)20-17(23)19-12)28(24,25)18-11-13-5-7-14(8-6-13)29(26,27)21-9-3-2-4-10-21/h5-8,18H,2-4,9-11H2,1H3,(H2,19,20,22,23). The molecule has 12 heteroatoms. The quantitative estimate of drug-likeness (QED) is 0.574. The van der Waals surface area contributed by atoms with E-state index in [1.54, 1.807) is 0 Å². The lowest BCUT2D eigenvalue weighted by molar-refractivity contribution is 0.346. The van der Waals surface area contributed by atoms with Crippen molar-refractivity contribution in [2.24, 2.45) is 0 Å². The number of sulfonamides is 2. The Morgan fingerprint density at radius 3 is 2.17 bits per heavy atom. The first-order chi connectivity index (χ1) is 13.6. The van der Waals surface area contributed by atoms with Crippen LogP contribution in [0.3, 0.4) is 0 Å². The fraction of sp³-hybridized carbons (Fsp3) is 0.412. The van der Waals surface area contributed by atoms with Gasteiger partial charge in [-0.2, -0.15) is 4.31 Å². The number of nitrogens with one attached hydrogen (secondary N) is 3. The molecule has 3 N–H and O–H groups in total. The maximum Gasteiger partial charge on any atom is 0.325 e. The summed E-state index contributed by atoms with van der Waals surface area (Å²) in [6, 6.07) is 5.91. The molecule has 0 saturated carbocycles. The van der Waals surface area contributed by atoms with Crippen LogP contribution in [-0.4, -0.2) is 44.2 Å². The highest BCUT2D eigenvalue weighted by atomic mass is 32.2. The Labute approximate surface area is 168 Å². The topological polar surface area (TPSA) is 149 Å². The van der Waals surface area contributed by atoms with Gasteiger partial charge in [-0.05, 0) is 37.5 Å². The highest BCUT2D eigenvalue weighted by molar-refractivity contribution is 7.89. The summed E-state index contributed by atoms with van der Waals surface area (Å²) in [6.45, 7) is 2.16. The van der Waals surface area contributed by atoms with Gasteiger partial charge >= 0.3 is 5.69 Å². The summed E-state index contributed by atoms with van der Waals surface area (Å²) >= 11 is 0. The highest BCUT2D eigenvalue weighted by Gasteiger charge is 2.26. The Morgan fingerprint density at radius 2 is 1.59 bits per heavy atom. The first-order valence-electron chi connectivity index (χ1n) is 9.03. The van der Waals surface area contributed by atoms with Gasteiger partial charge in [0, 0.05) is 25.3 Å².